The van der Waals surface area contributed by atoms with E-state index < -0.39 is 10.0 Å². The Morgan fingerprint density at radius 3 is 2.58 bits per heavy atom. The molecule has 0 spiro atoms. The van der Waals surface area contributed by atoms with E-state index in [-0.39, 0.29) is 10.3 Å². The molecule has 1 aromatic heterocycles. The number of rotatable bonds is 7. The van der Waals surface area contributed by atoms with E-state index in [1.54, 1.807) is 10.4 Å². The van der Waals surface area contributed by atoms with E-state index >= 15 is 0 Å². The van der Waals surface area contributed by atoms with Gasteiger partial charge in [-0.05, 0) is 31.9 Å². The van der Waals surface area contributed by atoms with Crippen molar-refractivity contribution in [2.75, 3.05) is 6.54 Å². The lowest BCUT2D eigenvalue weighted by Crippen LogP contribution is -2.38. The molecule has 0 aliphatic heterocycles. The third kappa shape index (κ3) is 3.78. The quantitative estimate of drug-likeness (QED) is 0.777. The predicted octanol–water partition coefficient (Wildman–Crippen LogP) is 3.21. The molecule has 106 valence electrons. The third-order valence-electron chi connectivity index (χ3n) is 3.07. The molecular weight excluding hydrogens is 280 g/mol. The Kier molecular flexibility index (Phi) is 5.98. The molecule has 1 unspecified atom stereocenters. The second kappa shape index (κ2) is 7.04. The molecule has 0 bridgehead atoms. The Balaban J connectivity index is 3.08. The van der Waals surface area contributed by atoms with Crippen LogP contribution < -0.4 is 0 Å². The lowest BCUT2D eigenvalue weighted by Gasteiger charge is -2.26. The van der Waals surface area contributed by atoms with E-state index in [2.05, 4.69) is 0 Å². The summed E-state index contributed by atoms with van der Waals surface area (Å²) in [6, 6.07) is 5.05. The van der Waals surface area contributed by atoms with Gasteiger partial charge >= 0.3 is 0 Å². The number of hydrogen-bond acceptors (Lipinski definition) is 4. The monoisotopic (exact) mass is 300 g/mol. The van der Waals surface area contributed by atoms with Crippen molar-refractivity contribution in [3.63, 3.8) is 0 Å². The van der Waals surface area contributed by atoms with Crippen LogP contribution in [0.2, 0.25) is 0 Å². The van der Waals surface area contributed by atoms with Crippen LogP contribution in [0.4, 0.5) is 0 Å². The van der Waals surface area contributed by atoms with E-state index in [1.807, 2.05) is 26.8 Å². The zero-order valence-electron chi connectivity index (χ0n) is 11.6. The summed E-state index contributed by atoms with van der Waals surface area (Å²) in [4.78, 5) is 0.429. The Labute approximate surface area is 119 Å². The lowest BCUT2D eigenvalue weighted by atomic mass is 10.2. The second-order valence-electron chi connectivity index (χ2n) is 4.46. The van der Waals surface area contributed by atoms with Crippen LogP contribution in [-0.2, 0) is 10.0 Å². The molecule has 0 fully saturated rings. The van der Waals surface area contributed by atoms with Gasteiger partial charge in [-0.1, -0.05) is 20.3 Å². The average Bonchev–Trinajstić information content (AvgIpc) is 2.88. The van der Waals surface area contributed by atoms with E-state index in [0.29, 0.717) is 11.4 Å². The van der Waals surface area contributed by atoms with Crippen molar-refractivity contribution >= 4 is 21.4 Å². The van der Waals surface area contributed by atoms with E-state index in [1.165, 1.54) is 6.07 Å². The first-order valence-corrected chi connectivity index (χ1v) is 8.74. The SMILES string of the molecule is CCCCN(C(C)CC)S(=O)(=O)c1ccc(C#N)s1. The molecule has 19 heavy (non-hydrogen) atoms. The lowest BCUT2D eigenvalue weighted by molar-refractivity contribution is 0.325. The Bertz CT molecular complexity index is 543. The summed E-state index contributed by atoms with van der Waals surface area (Å²) >= 11 is 1.04. The summed E-state index contributed by atoms with van der Waals surface area (Å²) in [5, 5.41) is 8.80. The van der Waals surface area contributed by atoms with Crippen molar-refractivity contribution in [2.45, 2.75) is 50.3 Å². The van der Waals surface area contributed by atoms with Crippen LogP contribution in [0.25, 0.3) is 0 Å². The molecule has 0 saturated carbocycles. The Morgan fingerprint density at radius 2 is 2.11 bits per heavy atom. The van der Waals surface area contributed by atoms with Gasteiger partial charge in [-0.15, -0.1) is 11.3 Å². The van der Waals surface area contributed by atoms with Gasteiger partial charge in [0.15, 0.2) is 0 Å². The van der Waals surface area contributed by atoms with Crippen molar-refractivity contribution in [1.29, 1.82) is 5.26 Å². The predicted molar refractivity (Wildman–Crippen MR) is 77.6 cm³/mol. The highest BCUT2D eigenvalue weighted by molar-refractivity contribution is 7.91. The first-order valence-electron chi connectivity index (χ1n) is 6.49. The molecule has 1 aromatic rings. The van der Waals surface area contributed by atoms with E-state index in [0.717, 1.165) is 30.6 Å². The van der Waals surface area contributed by atoms with Gasteiger partial charge in [0.25, 0.3) is 10.0 Å². The highest BCUT2D eigenvalue weighted by Gasteiger charge is 2.29. The minimum absolute atomic E-state index is 0.0239. The normalized spacial score (nSPS) is 13.4. The van der Waals surface area contributed by atoms with E-state index in [4.69, 9.17) is 5.26 Å². The molecule has 1 heterocycles. The molecule has 1 rings (SSSR count). The first kappa shape index (κ1) is 16.2. The molecule has 0 amide bonds. The minimum atomic E-state index is -3.47. The van der Waals surface area contributed by atoms with Gasteiger partial charge < -0.3 is 0 Å². The largest absolute Gasteiger partial charge is 0.252 e. The van der Waals surface area contributed by atoms with E-state index in [9.17, 15) is 8.42 Å². The summed E-state index contributed by atoms with van der Waals surface area (Å²) in [6.45, 7) is 6.48. The maximum atomic E-state index is 12.6. The van der Waals surface area contributed by atoms with Crippen molar-refractivity contribution in [1.82, 2.24) is 4.31 Å². The fourth-order valence-corrected chi connectivity index (χ4v) is 4.71. The Hall–Kier alpha value is -0.900. The molecule has 1 atom stereocenters. The van der Waals surface area contributed by atoms with Gasteiger partial charge in [0.1, 0.15) is 15.2 Å². The van der Waals surface area contributed by atoms with Crippen LogP contribution in [0, 0.1) is 11.3 Å². The minimum Gasteiger partial charge on any atom is -0.206 e. The molecule has 0 saturated heterocycles. The molecular formula is C13H20N2O2S2. The number of unbranched alkanes of at least 4 members (excludes halogenated alkanes) is 1. The summed E-state index contributed by atoms with van der Waals surface area (Å²) in [7, 11) is -3.47. The zero-order valence-corrected chi connectivity index (χ0v) is 13.2. The highest BCUT2D eigenvalue weighted by atomic mass is 32.2. The molecule has 0 radical (unpaired) electrons. The number of thiophene rings is 1. The summed E-state index contributed by atoms with van der Waals surface area (Å²) in [5.41, 5.74) is 0. The van der Waals surface area contributed by atoms with Crippen LogP contribution >= 0.6 is 11.3 Å². The number of hydrogen-bond donors (Lipinski definition) is 0. The number of sulfonamides is 1. The highest BCUT2D eigenvalue weighted by Crippen LogP contribution is 2.26. The van der Waals surface area contributed by atoms with Crippen molar-refractivity contribution in [2.24, 2.45) is 0 Å². The summed E-state index contributed by atoms with van der Waals surface area (Å²) in [5.74, 6) is 0. The van der Waals surface area contributed by atoms with Crippen LogP contribution in [0.15, 0.2) is 16.3 Å². The molecule has 0 aliphatic rings. The van der Waals surface area contributed by atoms with Gasteiger partial charge in [0, 0.05) is 12.6 Å². The fourth-order valence-electron chi connectivity index (χ4n) is 1.73. The van der Waals surface area contributed by atoms with Gasteiger partial charge in [-0.2, -0.15) is 9.57 Å². The zero-order chi connectivity index (χ0) is 14.5. The van der Waals surface area contributed by atoms with Crippen molar-refractivity contribution < 1.29 is 8.42 Å². The number of nitriles is 1. The first-order chi connectivity index (χ1) is 8.97. The van der Waals surface area contributed by atoms with Crippen LogP contribution in [0.5, 0.6) is 0 Å². The molecule has 0 aromatic carbocycles. The average molecular weight is 300 g/mol. The summed E-state index contributed by atoms with van der Waals surface area (Å²) in [6.07, 6.45) is 2.58. The molecule has 4 nitrogen and oxygen atoms in total. The smallest absolute Gasteiger partial charge is 0.206 e. The van der Waals surface area contributed by atoms with Gasteiger partial charge in [-0.25, -0.2) is 8.42 Å². The maximum Gasteiger partial charge on any atom is 0.252 e. The number of nitrogens with zero attached hydrogens (tertiary/aromatic N) is 2. The third-order valence-corrected chi connectivity index (χ3v) is 6.54. The second-order valence-corrected chi connectivity index (χ2v) is 7.66. The van der Waals surface area contributed by atoms with Gasteiger partial charge in [0.05, 0.1) is 0 Å². The van der Waals surface area contributed by atoms with Crippen molar-refractivity contribution in [3.8, 4) is 6.07 Å². The van der Waals surface area contributed by atoms with Gasteiger partial charge in [0.2, 0.25) is 0 Å². The maximum absolute atomic E-state index is 12.6. The fraction of sp³-hybridized carbons (Fsp3) is 0.615. The summed E-state index contributed by atoms with van der Waals surface area (Å²) < 4.78 is 27.0. The van der Waals surface area contributed by atoms with Gasteiger partial charge in [-0.3, -0.25) is 0 Å². The van der Waals surface area contributed by atoms with Crippen molar-refractivity contribution in [3.05, 3.63) is 17.0 Å². The van der Waals surface area contributed by atoms with Crippen LogP contribution in [0.1, 0.15) is 44.9 Å². The standard InChI is InChI=1S/C13H20N2O2S2/c1-4-6-9-15(11(3)5-2)19(16,17)13-8-7-12(10-14)18-13/h7-8,11H,4-6,9H2,1-3H3. The molecule has 6 heteroatoms. The molecule has 0 aliphatic carbocycles. The topological polar surface area (TPSA) is 61.2 Å². The van der Waals surface area contributed by atoms with Crippen LogP contribution in [0.3, 0.4) is 0 Å². The van der Waals surface area contributed by atoms with Crippen LogP contribution in [-0.4, -0.2) is 25.3 Å². The molecule has 0 N–H and O–H groups in total. The Morgan fingerprint density at radius 1 is 1.42 bits per heavy atom.